The van der Waals surface area contributed by atoms with E-state index in [9.17, 15) is 4.79 Å². The maximum atomic E-state index is 12.5. The van der Waals surface area contributed by atoms with E-state index in [0.717, 1.165) is 35.9 Å². The molecular weight excluding hydrogens is 312 g/mol. The van der Waals surface area contributed by atoms with Gasteiger partial charge in [0, 0.05) is 35.7 Å². The van der Waals surface area contributed by atoms with Crippen LogP contribution < -0.4 is 10.6 Å². The van der Waals surface area contributed by atoms with Crippen molar-refractivity contribution in [3.63, 3.8) is 0 Å². The van der Waals surface area contributed by atoms with Gasteiger partial charge < -0.3 is 15.2 Å². The molecule has 0 aliphatic carbocycles. The van der Waals surface area contributed by atoms with Gasteiger partial charge in [0.25, 0.3) is 5.91 Å². The number of nitrogens with one attached hydrogen (secondary N) is 2. The van der Waals surface area contributed by atoms with Crippen LogP contribution in [0.3, 0.4) is 0 Å². The average molecular weight is 332 g/mol. The smallest absolute Gasteiger partial charge is 0.255 e. The fraction of sp³-hybridized carbons (Fsp3) is 0.200. The molecule has 1 aromatic heterocycles. The molecule has 4 rings (SSSR count). The van der Waals surface area contributed by atoms with E-state index in [4.69, 9.17) is 0 Å². The number of imidazole rings is 1. The van der Waals surface area contributed by atoms with Gasteiger partial charge in [-0.2, -0.15) is 0 Å². The summed E-state index contributed by atoms with van der Waals surface area (Å²) in [5.74, 6) is -0.0860. The molecule has 0 saturated heterocycles. The highest BCUT2D eigenvalue weighted by atomic mass is 16.1. The lowest BCUT2D eigenvalue weighted by molar-refractivity contribution is 0.102. The summed E-state index contributed by atoms with van der Waals surface area (Å²) in [4.78, 5) is 16.8. The number of amides is 1. The van der Waals surface area contributed by atoms with Crippen LogP contribution in [0.25, 0.3) is 5.69 Å². The first-order chi connectivity index (χ1) is 12.1. The number of nitrogens with zero attached hydrogens (tertiary/aromatic N) is 2. The molecule has 0 unspecified atom stereocenters. The summed E-state index contributed by atoms with van der Waals surface area (Å²) in [6.45, 7) is 5.74. The van der Waals surface area contributed by atoms with Gasteiger partial charge in [-0.15, -0.1) is 0 Å². The van der Waals surface area contributed by atoms with Crippen molar-refractivity contribution in [3.8, 4) is 5.69 Å². The third kappa shape index (κ3) is 2.94. The second-order valence-corrected chi connectivity index (χ2v) is 6.37. The molecular formula is C20H20N4O. The Balaban J connectivity index is 1.51. The molecule has 5 nitrogen and oxygen atoms in total. The normalized spacial score (nSPS) is 12.9. The summed E-state index contributed by atoms with van der Waals surface area (Å²) in [6.07, 6.45) is 1.82. The minimum absolute atomic E-state index is 0.0860. The summed E-state index contributed by atoms with van der Waals surface area (Å²) in [7, 11) is 0. The number of aromatic nitrogens is 2. The molecule has 1 aliphatic rings. The summed E-state index contributed by atoms with van der Waals surface area (Å²) in [5, 5.41) is 6.26. The average Bonchev–Trinajstić information content (AvgIpc) is 3.22. The summed E-state index contributed by atoms with van der Waals surface area (Å²) in [5.41, 5.74) is 7.10. The quantitative estimate of drug-likeness (QED) is 0.773. The Labute approximate surface area is 146 Å². The van der Waals surface area contributed by atoms with Crippen LogP contribution in [-0.4, -0.2) is 15.5 Å². The van der Waals surface area contributed by atoms with Crippen molar-refractivity contribution in [2.75, 3.05) is 5.32 Å². The minimum Gasteiger partial charge on any atom is -0.322 e. The standard InChI is InChI=1S/C20H20N4O/c1-13-14(2)24(12-22-13)19-7-5-18(6-8-19)23-20(25)15-3-4-16-10-21-11-17(16)9-15/h3-9,12,21H,10-11H2,1-2H3,(H,23,25). The number of rotatable bonds is 3. The number of carbonyl (C=O) groups excluding carboxylic acids is 1. The van der Waals surface area contributed by atoms with Gasteiger partial charge in [-0.05, 0) is 61.4 Å². The number of hydrogen-bond donors (Lipinski definition) is 2. The van der Waals surface area contributed by atoms with Crippen LogP contribution in [-0.2, 0) is 13.1 Å². The highest BCUT2D eigenvalue weighted by molar-refractivity contribution is 6.04. The monoisotopic (exact) mass is 332 g/mol. The predicted molar refractivity (Wildman–Crippen MR) is 98.0 cm³/mol. The lowest BCUT2D eigenvalue weighted by Crippen LogP contribution is -2.12. The molecule has 25 heavy (non-hydrogen) atoms. The van der Waals surface area contributed by atoms with Crippen LogP contribution in [0.4, 0.5) is 5.69 Å². The van der Waals surface area contributed by atoms with E-state index in [0.29, 0.717) is 5.56 Å². The fourth-order valence-corrected chi connectivity index (χ4v) is 3.10. The van der Waals surface area contributed by atoms with E-state index in [2.05, 4.69) is 15.6 Å². The zero-order valence-electron chi connectivity index (χ0n) is 14.3. The number of aryl methyl sites for hydroxylation is 1. The first kappa shape index (κ1) is 15.6. The molecule has 126 valence electrons. The van der Waals surface area contributed by atoms with Crippen LogP contribution in [0.1, 0.15) is 32.9 Å². The summed E-state index contributed by atoms with van der Waals surface area (Å²) in [6, 6.07) is 13.7. The summed E-state index contributed by atoms with van der Waals surface area (Å²) >= 11 is 0. The number of hydrogen-bond acceptors (Lipinski definition) is 3. The molecule has 5 heteroatoms. The van der Waals surface area contributed by atoms with Gasteiger partial charge in [0.2, 0.25) is 0 Å². The van der Waals surface area contributed by atoms with Gasteiger partial charge in [-0.25, -0.2) is 4.98 Å². The van der Waals surface area contributed by atoms with E-state index in [1.807, 2.05) is 67.2 Å². The zero-order chi connectivity index (χ0) is 17.4. The number of carbonyl (C=O) groups is 1. The predicted octanol–water partition coefficient (Wildman–Crippen LogP) is 3.34. The van der Waals surface area contributed by atoms with Crippen molar-refractivity contribution < 1.29 is 4.79 Å². The summed E-state index contributed by atoms with van der Waals surface area (Å²) < 4.78 is 2.04. The molecule has 0 bridgehead atoms. The number of fused-ring (bicyclic) bond motifs is 1. The first-order valence-corrected chi connectivity index (χ1v) is 8.36. The van der Waals surface area contributed by atoms with Crippen LogP contribution >= 0.6 is 0 Å². The maximum Gasteiger partial charge on any atom is 0.255 e. The molecule has 3 aromatic rings. The lowest BCUT2D eigenvalue weighted by atomic mass is 10.1. The number of anilines is 1. The lowest BCUT2D eigenvalue weighted by Gasteiger charge is -2.09. The van der Waals surface area contributed by atoms with Crippen molar-refractivity contribution in [3.05, 3.63) is 76.9 Å². The fourth-order valence-electron chi connectivity index (χ4n) is 3.10. The highest BCUT2D eigenvalue weighted by Gasteiger charge is 2.13. The van der Waals surface area contributed by atoms with Crippen molar-refractivity contribution in [2.24, 2.45) is 0 Å². The Morgan fingerprint density at radius 3 is 2.56 bits per heavy atom. The van der Waals surface area contributed by atoms with Gasteiger partial charge in [0.1, 0.15) is 0 Å². The molecule has 1 aliphatic heterocycles. The van der Waals surface area contributed by atoms with Gasteiger partial charge in [0.15, 0.2) is 0 Å². The Hall–Kier alpha value is -2.92. The maximum absolute atomic E-state index is 12.5. The van der Waals surface area contributed by atoms with Crippen LogP contribution in [0, 0.1) is 13.8 Å². The van der Waals surface area contributed by atoms with Gasteiger partial charge in [-0.1, -0.05) is 6.07 Å². The van der Waals surface area contributed by atoms with E-state index >= 15 is 0 Å². The molecule has 0 saturated carbocycles. The topological polar surface area (TPSA) is 59.0 Å². The van der Waals surface area contributed by atoms with E-state index in [1.165, 1.54) is 11.1 Å². The van der Waals surface area contributed by atoms with Gasteiger partial charge >= 0.3 is 0 Å². The van der Waals surface area contributed by atoms with E-state index in [1.54, 1.807) is 0 Å². The minimum atomic E-state index is -0.0860. The molecule has 0 atom stereocenters. The van der Waals surface area contributed by atoms with Crippen molar-refractivity contribution in [2.45, 2.75) is 26.9 Å². The second-order valence-electron chi connectivity index (χ2n) is 6.37. The van der Waals surface area contributed by atoms with E-state index < -0.39 is 0 Å². The third-order valence-corrected chi connectivity index (χ3v) is 4.75. The van der Waals surface area contributed by atoms with Crippen LogP contribution in [0.5, 0.6) is 0 Å². The first-order valence-electron chi connectivity index (χ1n) is 8.36. The molecule has 2 N–H and O–H groups in total. The Bertz CT molecular complexity index is 941. The molecule has 2 aromatic carbocycles. The Morgan fingerprint density at radius 2 is 1.84 bits per heavy atom. The molecule has 0 fully saturated rings. The zero-order valence-corrected chi connectivity index (χ0v) is 14.3. The highest BCUT2D eigenvalue weighted by Crippen LogP contribution is 2.20. The van der Waals surface area contributed by atoms with Crippen molar-refractivity contribution in [1.82, 2.24) is 14.9 Å². The SMILES string of the molecule is Cc1ncn(-c2ccc(NC(=O)c3ccc4c(c3)CNC4)cc2)c1C. The Kier molecular flexibility index (Phi) is 3.86. The molecule has 2 heterocycles. The largest absolute Gasteiger partial charge is 0.322 e. The third-order valence-electron chi connectivity index (χ3n) is 4.75. The van der Waals surface area contributed by atoms with Crippen LogP contribution in [0.2, 0.25) is 0 Å². The molecule has 0 radical (unpaired) electrons. The second kappa shape index (κ2) is 6.18. The van der Waals surface area contributed by atoms with Crippen molar-refractivity contribution >= 4 is 11.6 Å². The van der Waals surface area contributed by atoms with Crippen molar-refractivity contribution in [1.29, 1.82) is 0 Å². The van der Waals surface area contributed by atoms with Gasteiger partial charge in [0.05, 0.1) is 12.0 Å². The van der Waals surface area contributed by atoms with Crippen LogP contribution in [0.15, 0.2) is 48.8 Å². The van der Waals surface area contributed by atoms with Gasteiger partial charge in [-0.3, -0.25) is 4.79 Å². The Morgan fingerprint density at radius 1 is 1.08 bits per heavy atom. The molecule has 1 amide bonds. The number of benzene rings is 2. The molecule has 0 spiro atoms. The van der Waals surface area contributed by atoms with E-state index in [-0.39, 0.29) is 5.91 Å².